The van der Waals surface area contributed by atoms with E-state index in [0.29, 0.717) is 43.8 Å². The van der Waals surface area contributed by atoms with Gasteiger partial charge in [-0.05, 0) is 43.5 Å². The molecule has 10 heteroatoms. The largest absolute Gasteiger partial charge is 0.466 e. The Morgan fingerprint density at radius 1 is 1.00 bits per heavy atom. The minimum Gasteiger partial charge on any atom is -0.466 e. The molecule has 8 nitrogen and oxygen atoms in total. The fraction of sp³-hybridized carbons (Fsp3) is 0.379. The summed E-state index contributed by atoms with van der Waals surface area (Å²) in [7, 11) is 0. The van der Waals surface area contributed by atoms with E-state index in [2.05, 4.69) is 0 Å². The van der Waals surface area contributed by atoms with Gasteiger partial charge in [0, 0.05) is 29.2 Å². The summed E-state index contributed by atoms with van der Waals surface area (Å²) in [6.07, 6.45) is 1.38. The van der Waals surface area contributed by atoms with Crippen LogP contribution in [0.3, 0.4) is 0 Å². The summed E-state index contributed by atoms with van der Waals surface area (Å²) in [6, 6.07) is 13.2. The Kier molecular flexibility index (Phi) is 8.52. The van der Waals surface area contributed by atoms with Crippen LogP contribution in [0, 0.1) is 5.92 Å². The average Bonchev–Trinajstić information content (AvgIpc) is 3.63. The van der Waals surface area contributed by atoms with Crippen molar-refractivity contribution in [3.05, 3.63) is 75.0 Å². The average molecular weight is 566 g/mol. The number of rotatable bonds is 8. The number of thiophene rings is 1. The highest BCUT2D eigenvalue weighted by Gasteiger charge is 2.43. The quantitative estimate of drug-likeness (QED) is 0.406. The molecule has 1 saturated heterocycles. The molecule has 0 N–H and O–H groups in total. The van der Waals surface area contributed by atoms with Gasteiger partial charge in [0.15, 0.2) is 5.17 Å². The van der Waals surface area contributed by atoms with Gasteiger partial charge < -0.3 is 19.3 Å². The number of carbonyl (C=O) groups is 3. The molecule has 1 atom stereocenters. The van der Waals surface area contributed by atoms with Crippen molar-refractivity contribution < 1.29 is 23.9 Å². The number of hydrogen-bond donors (Lipinski definition) is 0. The van der Waals surface area contributed by atoms with E-state index in [1.54, 1.807) is 25.2 Å². The lowest BCUT2D eigenvalue weighted by molar-refractivity contribution is -0.151. The molecule has 204 valence electrons. The standard InChI is InChI=1S/C29H31N3O5S2/c1-3-36-27(34)20-12-14-31(15-13-20)23(33)17-21-18-39-29-30-25(19-9-6-5-7-10-19)24(28(35)37-4-2)26(32(21)29)22-11-8-16-38-22/h5-11,16,18,20,26H,3-4,12-15,17H2,1-2H3. The Morgan fingerprint density at radius 2 is 1.74 bits per heavy atom. The second kappa shape index (κ2) is 12.2. The SMILES string of the molecule is CCOC(=O)C1=C(c2ccccc2)N=C2SC=C(CC(=O)N3CCC(C(=O)OCC)CC3)N2C1c1cccs1. The molecule has 1 fully saturated rings. The molecule has 3 aliphatic heterocycles. The Hall–Kier alpha value is -3.37. The lowest BCUT2D eigenvalue weighted by Gasteiger charge is -2.37. The van der Waals surface area contributed by atoms with E-state index < -0.39 is 12.0 Å². The number of esters is 2. The van der Waals surface area contributed by atoms with E-state index in [0.717, 1.165) is 21.3 Å². The number of thioether (sulfide) groups is 1. The number of hydrogen-bond acceptors (Lipinski definition) is 9. The summed E-state index contributed by atoms with van der Waals surface area (Å²) >= 11 is 3.02. The van der Waals surface area contributed by atoms with Crippen molar-refractivity contribution in [2.45, 2.75) is 39.2 Å². The second-order valence-corrected chi connectivity index (χ2v) is 11.2. The highest BCUT2D eigenvalue weighted by Crippen LogP contribution is 2.48. The smallest absolute Gasteiger partial charge is 0.338 e. The number of carbonyl (C=O) groups excluding carboxylic acids is 3. The molecule has 0 radical (unpaired) electrons. The van der Waals surface area contributed by atoms with Gasteiger partial charge in [-0.3, -0.25) is 9.59 Å². The maximum Gasteiger partial charge on any atom is 0.338 e. The Bertz CT molecular complexity index is 1310. The molecule has 1 amide bonds. The highest BCUT2D eigenvalue weighted by molar-refractivity contribution is 8.16. The Balaban J connectivity index is 1.43. The monoisotopic (exact) mass is 565 g/mol. The van der Waals surface area contributed by atoms with Crippen molar-refractivity contribution in [3.8, 4) is 0 Å². The van der Waals surface area contributed by atoms with Crippen LogP contribution < -0.4 is 0 Å². The normalized spacial score (nSPS) is 19.4. The molecule has 0 bridgehead atoms. The molecule has 5 rings (SSSR count). The van der Waals surface area contributed by atoms with Crippen molar-refractivity contribution in [2.24, 2.45) is 10.9 Å². The fourth-order valence-corrected chi connectivity index (χ4v) is 6.84. The van der Waals surface area contributed by atoms with Gasteiger partial charge in [0.1, 0.15) is 6.04 Å². The summed E-state index contributed by atoms with van der Waals surface area (Å²) in [5, 5.41) is 4.67. The molecule has 1 aromatic carbocycles. The summed E-state index contributed by atoms with van der Waals surface area (Å²) in [6.45, 7) is 5.24. The second-order valence-electron chi connectivity index (χ2n) is 9.34. The predicted molar refractivity (Wildman–Crippen MR) is 153 cm³/mol. The van der Waals surface area contributed by atoms with Crippen molar-refractivity contribution in [1.82, 2.24) is 9.80 Å². The molecule has 3 aliphatic rings. The van der Waals surface area contributed by atoms with E-state index in [1.807, 2.05) is 63.1 Å². The number of likely N-dealkylation sites (tertiary alicyclic amines) is 1. The van der Waals surface area contributed by atoms with E-state index in [4.69, 9.17) is 14.5 Å². The third kappa shape index (κ3) is 5.67. The van der Waals surface area contributed by atoms with Crippen LogP contribution in [0.4, 0.5) is 0 Å². The summed E-state index contributed by atoms with van der Waals surface area (Å²) < 4.78 is 10.7. The first-order chi connectivity index (χ1) is 19.0. The first kappa shape index (κ1) is 27.2. The lowest BCUT2D eigenvalue weighted by atomic mass is 9.95. The fourth-order valence-electron chi connectivity index (χ4n) is 5.10. The molecular weight excluding hydrogens is 534 g/mol. The van der Waals surface area contributed by atoms with Gasteiger partial charge in [-0.25, -0.2) is 9.79 Å². The van der Waals surface area contributed by atoms with Crippen LogP contribution >= 0.6 is 23.1 Å². The molecule has 2 aromatic rings. The predicted octanol–water partition coefficient (Wildman–Crippen LogP) is 5.22. The van der Waals surface area contributed by atoms with Crippen LogP contribution in [0.2, 0.25) is 0 Å². The maximum atomic E-state index is 13.5. The number of nitrogens with zero attached hydrogens (tertiary/aromatic N) is 3. The van der Waals surface area contributed by atoms with Crippen molar-refractivity contribution >= 4 is 51.8 Å². The zero-order chi connectivity index (χ0) is 27.4. The zero-order valence-corrected chi connectivity index (χ0v) is 23.6. The topological polar surface area (TPSA) is 88.5 Å². The molecule has 0 aliphatic carbocycles. The van der Waals surface area contributed by atoms with Crippen LogP contribution in [0.25, 0.3) is 5.70 Å². The number of piperidine rings is 1. The van der Waals surface area contributed by atoms with Gasteiger partial charge in [-0.2, -0.15) is 0 Å². The van der Waals surface area contributed by atoms with Crippen LogP contribution in [0.1, 0.15) is 49.6 Å². The van der Waals surface area contributed by atoms with Gasteiger partial charge in [-0.1, -0.05) is 48.2 Å². The van der Waals surface area contributed by atoms with Crippen molar-refractivity contribution in [2.75, 3.05) is 26.3 Å². The van der Waals surface area contributed by atoms with E-state index in [1.165, 1.54) is 11.8 Å². The number of ether oxygens (including phenoxy) is 2. The minimum atomic E-state index is -0.463. The molecule has 0 spiro atoms. The third-order valence-electron chi connectivity index (χ3n) is 6.97. The lowest BCUT2D eigenvalue weighted by Crippen LogP contribution is -2.42. The van der Waals surface area contributed by atoms with E-state index in [-0.39, 0.29) is 30.8 Å². The van der Waals surface area contributed by atoms with Gasteiger partial charge in [0.25, 0.3) is 0 Å². The molecule has 4 heterocycles. The van der Waals surface area contributed by atoms with Gasteiger partial charge in [-0.15, -0.1) is 11.3 Å². The Morgan fingerprint density at radius 3 is 2.41 bits per heavy atom. The number of amidine groups is 1. The highest BCUT2D eigenvalue weighted by atomic mass is 32.2. The number of fused-ring (bicyclic) bond motifs is 1. The number of aliphatic imine (C=N–C) groups is 1. The van der Waals surface area contributed by atoms with Crippen LogP contribution in [-0.4, -0.2) is 59.1 Å². The van der Waals surface area contributed by atoms with Crippen LogP contribution in [0.5, 0.6) is 0 Å². The van der Waals surface area contributed by atoms with Crippen LogP contribution in [-0.2, 0) is 23.9 Å². The summed E-state index contributed by atoms with van der Waals surface area (Å²) in [5.74, 6) is -0.764. The molecular formula is C29H31N3O5S2. The van der Waals surface area contributed by atoms with Gasteiger partial charge in [0.2, 0.25) is 5.91 Å². The molecule has 1 aromatic heterocycles. The number of benzene rings is 1. The summed E-state index contributed by atoms with van der Waals surface area (Å²) in [4.78, 5) is 48.7. The van der Waals surface area contributed by atoms with E-state index in [9.17, 15) is 14.4 Å². The number of amides is 1. The zero-order valence-electron chi connectivity index (χ0n) is 22.0. The molecule has 1 unspecified atom stereocenters. The first-order valence-electron chi connectivity index (χ1n) is 13.2. The Labute approximate surface area is 236 Å². The molecule has 0 saturated carbocycles. The third-order valence-corrected chi connectivity index (χ3v) is 8.78. The first-order valence-corrected chi connectivity index (χ1v) is 15.0. The van der Waals surface area contributed by atoms with Crippen molar-refractivity contribution in [3.63, 3.8) is 0 Å². The van der Waals surface area contributed by atoms with Gasteiger partial charge in [0.05, 0.1) is 36.8 Å². The van der Waals surface area contributed by atoms with Crippen molar-refractivity contribution in [1.29, 1.82) is 0 Å². The molecule has 39 heavy (non-hydrogen) atoms. The minimum absolute atomic E-state index is 0.00846. The van der Waals surface area contributed by atoms with E-state index >= 15 is 0 Å². The van der Waals surface area contributed by atoms with Gasteiger partial charge >= 0.3 is 11.9 Å². The summed E-state index contributed by atoms with van der Waals surface area (Å²) in [5.41, 5.74) is 2.69. The van der Waals surface area contributed by atoms with Crippen LogP contribution in [0.15, 0.2) is 69.5 Å². The maximum absolute atomic E-state index is 13.5.